The summed E-state index contributed by atoms with van der Waals surface area (Å²) in [5.74, 6) is -0.0645. The van der Waals surface area contributed by atoms with Crippen molar-refractivity contribution >= 4 is 23.5 Å². The fourth-order valence-electron chi connectivity index (χ4n) is 3.73. The first-order valence-electron chi connectivity index (χ1n) is 10.6. The number of nitrogens with one attached hydrogen (secondary N) is 2. The summed E-state index contributed by atoms with van der Waals surface area (Å²) >= 11 is 0. The van der Waals surface area contributed by atoms with Gasteiger partial charge in [-0.1, -0.05) is 42.5 Å². The Morgan fingerprint density at radius 3 is 2.47 bits per heavy atom. The topological polar surface area (TPSA) is 100 Å². The molecular formula is C23H26N4O5. The van der Waals surface area contributed by atoms with Crippen molar-refractivity contribution in [3.8, 4) is 5.75 Å². The molecule has 2 aliphatic heterocycles. The number of carbonyl (C=O) groups excluding carboxylic acids is 3. The summed E-state index contributed by atoms with van der Waals surface area (Å²) in [6, 6.07) is 16.1. The van der Waals surface area contributed by atoms with Gasteiger partial charge in [0, 0.05) is 19.6 Å². The van der Waals surface area contributed by atoms with Gasteiger partial charge in [-0.25, -0.2) is 4.79 Å². The molecule has 1 fully saturated rings. The van der Waals surface area contributed by atoms with Crippen LogP contribution in [0, 0.1) is 0 Å². The van der Waals surface area contributed by atoms with Crippen molar-refractivity contribution in [2.45, 2.75) is 12.6 Å². The molecule has 2 aromatic carbocycles. The zero-order valence-electron chi connectivity index (χ0n) is 17.7. The van der Waals surface area contributed by atoms with Gasteiger partial charge in [-0.15, -0.1) is 0 Å². The van der Waals surface area contributed by atoms with Crippen LogP contribution in [0.25, 0.3) is 0 Å². The molecule has 0 spiro atoms. The molecule has 32 heavy (non-hydrogen) atoms. The number of hydrogen-bond donors (Lipinski definition) is 2. The van der Waals surface area contributed by atoms with Gasteiger partial charge in [0.1, 0.15) is 5.75 Å². The maximum atomic E-state index is 12.9. The van der Waals surface area contributed by atoms with Crippen molar-refractivity contribution in [3.63, 3.8) is 0 Å². The zero-order chi connectivity index (χ0) is 22.3. The number of rotatable bonds is 5. The minimum Gasteiger partial charge on any atom is -0.477 e. The van der Waals surface area contributed by atoms with Crippen LogP contribution in [-0.4, -0.2) is 68.2 Å². The Labute approximate surface area is 186 Å². The first kappa shape index (κ1) is 21.6. The summed E-state index contributed by atoms with van der Waals surface area (Å²) in [5.41, 5.74) is 1.64. The molecule has 4 amide bonds. The monoisotopic (exact) mass is 438 g/mol. The van der Waals surface area contributed by atoms with E-state index in [4.69, 9.17) is 9.47 Å². The van der Waals surface area contributed by atoms with Crippen LogP contribution in [0.3, 0.4) is 0 Å². The predicted molar refractivity (Wildman–Crippen MR) is 117 cm³/mol. The second-order valence-electron chi connectivity index (χ2n) is 7.61. The van der Waals surface area contributed by atoms with Gasteiger partial charge in [-0.2, -0.15) is 0 Å². The number of imide groups is 1. The Hall–Kier alpha value is -3.59. The molecule has 9 nitrogen and oxygen atoms in total. The standard InChI is InChI=1S/C23H26N4O5/c28-21(25-23(30)24-14-17-6-2-1-3-7-17)16-27-15-20(22(29)26-10-12-31-13-11-26)32-19-9-5-4-8-18(19)27/h1-9,20H,10-16H2,(H2,24,25,28,30). The molecule has 2 aromatic rings. The number of urea groups is 1. The number of nitrogens with zero attached hydrogens (tertiary/aromatic N) is 2. The second kappa shape index (κ2) is 10.1. The molecule has 168 valence electrons. The van der Waals surface area contributed by atoms with E-state index >= 15 is 0 Å². The van der Waals surface area contributed by atoms with E-state index in [9.17, 15) is 14.4 Å². The number of hydrogen-bond acceptors (Lipinski definition) is 6. The van der Waals surface area contributed by atoms with E-state index in [1.807, 2.05) is 48.5 Å². The van der Waals surface area contributed by atoms with Crippen molar-refractivity contribution in [1.29, 1.82) is 0 Å². The molecule has 1 saturated heterocycles. The smallest absolute Gasteiger partial charge is 0.321 e. The van der Waals surface area contributed by atoms with Crippen LogP contribution >= 0.6 is 0 Å². The average molecular weight is 438 g/mol. The molecule has 2 heterocycles. The van der Waals surface area contributed by atoms with Gasteiger partial charge in [0.05, 0.1) is 32.0 Å². The molecule has 0 radical (unpaired) electrons. The van der Waals surface area contributed by atoms with Crippen LogP contribution in [0.15, 0.2) is 54.6 Å². The molecule has 1 atom stereocenters. The molecular weight excluding hydrogens is 412 g/mol. The number of ether oxygens (including phenoxy) is 2. The van der Waals surface area contributed by atoms with E-state index in [0.717, 1.165) is 5.56 Å². The number of morpholine rings is 1. The lowest BCUT2D eigenvalue weighted by Crippen LogP contribution is -2.54. The van der Waals surface area contributed by atoms with Gasteiger partial charge >= 0.3 is 6.03 Å². The summed E-state index contributed by atoms with van der Waals surface area (Å²) in [6.45, 7) is 2.48. The van der Waals surface area contributed by atoms with Crippen LogP contribution in [-0.2, 0) is 20.9 Å². The fraction of sp³-hybridized carbons (Fsp3) is 0.348. The molecule has 2 aliphatic rings. The van der Waals surface area contributed by atoms with E-state index in [-0.39, 0.29) is 19.0 Å². The SMILES string of the molecule is O=C(CN1CC(C(=O)N2CCOCC2)Oc2ccccc21)NC(=O)NCc1ccccc1. The number of carbonyl (C=O) groups is 3. The second-order valence-corrected chi connectivity index (χ2v) is 7.61. The van der Waals surface area contributed by atoms with Crippen LogP contribution < -0.4 is 20.3 Å². The maximum absolute atomic E-state index is 12.9. The lowest BCUT2D eigenvalue weighted by molar-refractivity contribution is -0.142. The van der Waals surface area contributed by atoms with E-state index in [2.05, 4.69) is 10.6 Å². The molecule has 4 rings (SSSR count). The van der Waals surface area contributed by atoms with Crippen LogP contribution in [0.1, 0.15) is 5.56 Å². The fourth-order valence-corrected chi connectivity index (χ4v) is 3.73. The third-order valence-corrected chi connectivity index (χ3v) is 5.34. The van der Waals surface area contributed by atoms with E-state index in [1.165, 1.54) is 0 Å². The molecule has 9 heteroatoms. The minimum atomic E-state index is -0.734. The van der Waals surface area contributed by atoms with Crippen molar-refractivity contribution in [2.75, 3.05) is 44.3 Å². The number of amides is 4. The molecule has 0 bridgehead atoms. The third-order valence-electron chi connectivity index (χ3n) is 5.34. The molecule has 0 aromatic heterocycles. The van der Waals surface area contributed by atoms with Gasteiger partial charge in [0.25, 0.3) is 5.91 Å². The Morgan fingerprint density at radius 2 is 1.69 bits per heavy atom. The summed E-state index contributed by atoms with van der Waals surface area (Å²) in [6.07, 6.45) is -0.734. The van der Waals surface area contributed by atoms with Gasteiger partial charge < -0.3 is 24.6 Å². The normalized spacial score (nSPS) is 17.7. The largest absolute Gasteiger partial charge is 0.477 e. The van der Waals surface area contributed by atoms with Crippen molar-refractivity contribution in [1.82, 2.24) is 15.5 Å². The summed E-state index contributed by atoms with van der Waals surface area (Å²) < 4.78 is 11.3. The Balaban J connectivity index is 1.37. The van der Waals surface area contributed by atoms with Gasteiger partial charge in [0.2, 0.25) is 5.91 Å². The van der Waals surface area contributed by atoms with Crippen LogP contribution in [0.4, 0.5) is 10.5 Å². The predicted octanol–water partition coefficient (Wildman–Crippen LogP) is 1.14. The highest BCUT2D eigenvalue weighted by molar-refractivity contribution is 5.97. The maximum Gasteiger partial charge on any atom is 0.321 e. The van der Waals surface area contributed by atoms with E-state index in [0.29, 0.717) is 44.3 Å². The van der Waals surface area contributed by atoms with Crippen molar-refractivity contribution < 1.29 is 23.9 Å². The van der Waals surface area contributed by atoms with Crippen LogP contribution in [0.2, 0.25) is 0 Å². The zero-order valence-corrected chi connectivity index (χ0v) is 17.7. The van der Waals surface area contributed by atoms with Gasteiger partial charge in [0.15, 0.2) is 6.10 Å². The molecule has 0 saturated carbocycles. The first-order valence-corrected chi connectivity index (χ1v) is 10.6. The highest BCUT2D eigenvalue weighted by Crippen LogP contribution is 2.33. The van der Waals surface area contributed by atoms with E-state index < -0.39 is 18.0 Å². The van der Waals surface area contributed by atoms with E-state index in [1.54, 1.807) is 15.9 Å². The van der Waals surface area contributed by atoms with Gasteiger partial charge in [-0.05, 0) is 17.7 Å². The Bertz CT molecular complexity index is 962. The average Bonchev–Trinajstić information content (AvgIpc) is 2.83. The summed E-state index contributed by atoms with van der Waals surface area (Å²) in [5, 5.41) is 5.02. The lowest BCUT2D eigenvalue weighted by Gasteiger charge is -2.37. The van der Waals surface area contributed by atoms with Crippen molar-refractivity contribution in [3.05, 3.63) is 60.2 Å². The Morgan fingerprint density at radius 1 is 0.969 bits per heavy atom. The molecule has 0 aliphatic carbocycles. The number of benzene rings is 2. The highest BCUT2D eigenvalue weighted by atomic mass is 16.5. The first-order chi connectivity index (χ1) is 15.6. The van der Waals surface area contributed by atoms with Gasteiger partial charge in [-0.3, -0.25) is 14.9 Å². The Kier molecular flexibility index (Phi) is 6.86. The third kappa shape index (κ3) is 5.36. The lowest BCUT2D eigenvalue weighted by atomic mass is 10.1. The minimum absolute atomic E-state index is 0.0774. The number of fused-ring (bicyclic) bond motifs is 1. The molecule has 1 unspecified atom stereocenters. The quantitative estimate of drug-likeness (QED) is 0.726. The summed E-state index contributed by atoms with van der Waals surface area (Å²) in [7, 11) is 0. The molecule has 2 N–H and O–H groups in total. The van der Waals surface area contributed by atoms with Crippen molar-refractivity contribution in [2.24, 2.45) is 0 Å². The highest BCUT2D eigenvalue weighted by Gasteiger charge is 2.34. The number of para-hydroxylation sites is 2. The number of anilines is 1. The summed E-state index contributed by atoms with van der Waals surface area (Å²) in [4.78, 5) is 41.1. The van der Waals surface area contributed by atoms with Crippen LogP contribution in [0.5, 0.6) is 5.75 Å².